The molecule has 0 radical (unpaired) electrons. The molecule has 0 aromatic carbocycles. The fourth-order valence-electron chi connectivity index (χ4n) is 3.63. The third-order valence-corrected chi connectivity index (χ3v) is 6.27. The Balaban J connectivity index is -0.000000105. The average molecular weight is 662 g/mol. The standard InChI is InChI=1S/C7H15BO2.C7H13BO2.2C4H9BO2.6C2H6/c2*1-7(2,3)6-4-8(9)10-5-6;2*1-4-2-5(6)7-3-4;6*1-2/h6,9H,4-5H2,1-3H3;4,9H,5H2,1-3H3;2*4,6H,2-3H2,1H3;6*1-2H3/t;;2*4-;;;;;;/m..10....../s1. The van der Waals surface area contributed by atoms with E-state index in [1.165, 1.54) is 5.57 Å². The van der Waals surface area contributed by atoms with Crippen LogP contribution in [0.15, 0.2) is 11.5 Å². The van der Waals surface area contributed by atoms with Crippen LogP contribution in [0.5, 0.6) is 0 Å². The lowest BCUT2D eigenvalue weighted by atomic mass is 9.71. The van der Waals surface area contributed by atoms with Crippen LogP contribution in [0.4, 0.5) is 0 Å². The largest absolute Gasteiger partial charge is 0.483 e. The van der Waals surface area contributed by atoms with Gasteiger partial charge < -0.3 is 38.7 Å². The SMILES string of the molecule is CC.CC.CC.CC.CC.CC.CC(C)(C)C1=CB(O)OC1.CC(C)(C)C1COB(O)C1.C[C@@H]1COB(O)C1.C[C@H]1COB(O)C1. The molecule has 0 amide bonds. The molecule has 3 atom stereocenters. The minimum Gasteiger partial charge on any atom is -0.427 e. The summed E-state index contributed by atoms with van der Waals surface area (Å²) in [6, 6.07) is 0. The molecule has 4 aliphatic rings. The van der Waals surface area contributed by atoms with Crippen molar-refractivity contribution in [1.82, 2.24) is 0 Å². The lowest BCUT2D eigenvalue weighted by Crippen LogP contribution is -2.20. The fourth-order valence-corrected chi connectivity index (χ4v) is 3.63. The first-order valence-corrected chi connectivity index (χ1v) is 18.5. The van der Waals surface area contributed by atoms with Crippen LogP contribution in [0, 0.1) is 28.6 Å². The van der Waals surface area contributed by atoms with Gasteiger partial charge in [-0.25, -0.2) is 0 Å². The molecule has 3 fully saturated rings. The molecule has 46 heavy (non-hydrogen) atoms. The predicted molar refractivity (Wildman–Crippen MR) is 207 cm³/mol. The van der Waals surface area contributed by atoms with Gasteiger partial charge in [-0.05, 0) is 53.1 Å². The Morgan fingerprint density at radius 3 is 0.978 bits per heavy atom. The van der Waals surface area contributed by atoms with Crippen LogP contribution < -0.4 is 0 Å². The van der Waals surface area contributed by atoms with E-state index in [0.717, 1.165) is 32.2 Å². The minimum atomic E-state index is -0.672. The maximum absolute atomic E-state index is 9.04. The Morgan fingerprint density at radius 2 is 0.870 bits per heavy atom. The topological polar surface area (TPSA) is 118 Å². The molecule has 12 heteroatoms. The van der Waals surface area contributed by atoms with Gasteiger partial charge in [-0.3, -0.25) is 0 Å². The molecule has 8 nitrogen and oxygen atoms in total. The molecule has 278 valence electrons. The van der Waals surface area contributed by atoms with Gasteiger partial charge in [-0.1, -0.05) is 144 Å². The molecular weight excluding hydrogens is 580 g/mol. The van der Waals surface area contributed by atoms with Gasteiger partial charge in [0.1, 0.15) is 0 Å². The summed E-state index contributed by atoms with van der Waals surface area (Å²) in [5.74, 6) is 3.40. The van der Waals surface area contributed by atoms with Gasteiger partial charge >= 0.3 is 28.5 Å². The van der Waals surface area contributed by atoms with E-state index in [9.17, 15) is 0 Å². The van der Waals surface area contributed by atoms with Gasteiger partial charge in [0.15, 0.2) is 0 Å². The van der Waals surface area contributed by atoms with Crippen molar-refractivity contribution in [3.05, 3.63) is 11.5 Å². The highest BCUT2D eigenvalue weighted by Crippen LogP contribution is 2.33. The summed E-state index contributed by atoms with van der Waals surface area (Å²) in [6.45, 7) is 43.7. The summed E-state index contributed by atoms with van der Waals surface area (Å²) in [4.78, 5) is 0. The normalized spacial score (nSPS) is 20.7. The molecule has 0 spiro atoms. The maximum Gasteiger partial charge on any atom is 0.483 e. The van der Waals surface area contributed by atoms with Crippen molar-refractivity contribution >= 4 is 28.5 Å². The van der Waals surface area contributed by atoms with Crippen molar-refractivity contribution in [3.63, 3.8) is 0 Å². The van der Waals surface area contributed by atoms with Gasteiger partial charge in [0.2, 0.25) is 0 Å². The predicted octanol–water partition coefficient (Wildman–Crippen LogP) is 8.59. The number of hydrogen-bond acceptors (Lipinski definition) is 8. The molecule has 0 bridgehead atoms. The third kappa shape index (κ3) is 35.0. The zero-order chi connectivity index (χ0) is 38.1. The summed E-state index contributed by atoms with van der Waals surface area (Å²) in [5.41, 5.74) is 1.59. The van der Waals surface area contributed by atoms with Crippen LogP contribution >= 0.6 is 0 Å². The Bertz CT molecular complexity index is 583. The first-order valence-electron chi connectivity index (χ1n) is 18.5. The van der Waals surface area contributed by atoms with Crippen LogP contribution in [0.25, 0.3) is 0 Å². The van der Waals surface area contributed by atoms with E-state index in [4.69, 9.17) is 38.7 Å². The van der Waals surface area contributed by atoms with Crippen molar-refractivity contribution in [1.29, 1.82) is 0 Å². The average Bonchev–Trinajstić information content (AvgIpc) is 3.86. The van der Waals surface area contributed by atoms with Crippen LogP contribution in [0.1, 0.15) is 138 Å². The Morgan fingerprint density at radius 1 is 0.543 bits per heavy atom. The lowest BCUT2D eigenvalue weighted by molar-refractivity contribution is 0.193. The molecule has 0 aliphatic carbocycles. The maximum atomic E-state index is 9.04. The third-order valence-electron chi connectivity index (χ3n) is 6.27. The van der Waals surface area contributed by atoms with Crippen molar-refractivity contribution in [2.45, 2.75) is 157 Å². The minimum absolute atomic E-state index is 0.136. The summed E-state index contributed by atoms with van der Waals surface area (Å²) in [6.07, 6.45) is 2.41. The molecule has 4 rings (SSSR count). The molecule has 4 heterocycles. The second-order valence-electron chi connectivity index (χ2n) is 12.0. The molecule has 0 aromatic heterocycles. The first-order chi connectivity index (χ1) is 21.6. The Kier molecular flexibility index (Phi) is 47.2. The second kappa shape index (κ2) is 37.5. The molecule has 0 aromatic rings. The van der Waals surface area contributed by atoms with Gasteiger partial charge in [-0.15, -0.1) is 0 Å². The highest BCUT2D eigenvalue weighted by atomic mass is 16.5. The molecule has 0 saturated carbocycles. The van der Waals surface area contributed by atoms with Crippen LogP contribution in [-0.4, -0.2) is 75.0 Å². The van der Waals surface area contributed by atoms with Crippen molar-refractivity contribution in [2.75, 3.05) is 26.4 Å². The monoisotopic (exact) mass is 663 g/mol. The first kappa shape index (κ1) is 57.9. The van der Waals surface area contributed by atoms with Crippen LogP contribution in [0.2, 0.25) is 19.0 Å². The van der Waals surface area contributed by atoms with Gasteiger partial charge in [0, 0.05) is 19.8 Å². The van der Waals surface area contributed by atoms with Gasteiger partial charge in [0.05, 0.1) is 6.61 Å². The van der Waals surface area contributed by atoms with E-state index >= 15 is 0 Å². The Labute approximate surface area is 290 Å². The second-order valence-corrected chi connectivity index (χ2v) is 12.0. The Hall–Kier alpha value is -0.320. The van der Waals surface area contributed by atoms with E-state index in [2.05, 4.69) is 55.4 Å². The van der Waals surface area contributed by atoms with Gasteiger partial charge in [0.25, 0.3) is 0 Å². The van der Waals surface area contributed by atoms with Crippen molar-refractivity contribution in [2.24, 2.45) is 28.6 Å². The summed E-state index contributed by atoms with van der Waals surface area (Å²) in [7, 11) is -2.14. The van der Waals surface area contributed by atoms with Crippen molar-refractivity contribution in [3.8, 4) is 0 Å². The fraction of sp³-hybridized carbons (Fsp3) is 0.941. The zero-order valence-corrected chi connectivity index (χ0v) is 34.5. The lowest BCUT2D eigenvalue weighted by Gasteiger charge is -2.25. The van der Waals surface area contributed by atoms with Crippen LogP contribution in [-0.2, 0) is 18.6 Å². The number of hydrogen-bond donors (Lipinski definition) is 4. The summed E-state index contributed by atoms with van der Waals surface area (Å²) < 4.78 is 19.6. The highest BCUT2D eigenvalue weighted by molar-refractivity contribution is 6.50. The van der Waals surface area contributed by atoms with Crippen molar-refractivity contribution < 1.29 is 38.7 Å². The van der Waals surface area contributed by atoms with E-state index < -0.39 is 28.5 Å². The number of rotatable bonds is 0. The highest BCUT2D eigenvalue weighted by Gasteiger charge is 2.36. The quantitative estimate of drug-likeness (QED) is 0.191. The summed E-state index contributed by atoms with van der Waals surface area (Å²) >= 11 is 0. The smallest absolute Gasteiger partial charge is 0.427 e. The molecule has 4 aliphatic heterocycles. The molecule has 3 saturated heterocycles. The summed E-state index contributed by atoms with van der Waals surface area (Å²) in [5, 5.41) is 35.4. The van der Waals surface area contributed by atoms with E-state index in [-0.39, 0.29) is 10.8 Å². The van der Waals surface area contributed by atoms with E-state index in [0.29, 0.717) is 31.0 Å². The molecule has 1 unspecified atom stereocenters. The molecular formula is C34H82B4O8. The van der Waals surface area contributed by atoms with E-state index in [1.54, 1.807) is 5.98 Å². The molecule has 4 N–H and O–H groups in total. The van der Waals surface area contributed by atoms with Crippen LogP contribution in [0.3, 0.4) is 0 Å². The van der Waals surface area contributed by atoms with E-state index in [1.807, 2.05) is 83.1 Å². The van der Waals surface area contributed by atoms with Gasteiger partial charge in [-0.2, -0.15) is 0 Å². The zero-order valence-electron chi connectivity index (χ0n) is 34.5.